The van der Waals surface area contributed by atoms with Crippen molar-refractivity contribution in [2.75, 3.05) is 13.1 Å². The van der Waals surface area contributed by atoms with Crippen molar-refractivity contribution in [1.29, 1.82) is 0 Å². The van der Waals surface area contributed by atoms with Crippen molar-refractivity contribution in [3.63, 3.8) is 0 Å². The first kappa shape index (κ1) is 18.5. The number of amides is 1. The number of hydrogen-bond acceptors (Lipinski definition) is 3. The zero-order valence-corrected chi connectivity index (χ0v) is 14.4. The Morgan fingerprint density at radius 3 is 2.71 bits per heavy atom. The fourth-order valence-electron chi connectivity index (χ4n) is 3.27. The van der Waals surface area contributed by atoms with Crippen molar-refractivity contribution < 1.29 is 14.7 Å². The van der Waals surface area contributed by atoms with Gasteiger partial charge in [-0.3, -0.25) is 9.69 Å². The Hall–Kier alpha value is -1.88. The van der Waals surface area contributed by atoms with Crippen LogP contribution in [-0.4, -0.2) is 47.1 Å². The molecule has 1 aromatic carbocycles. The van der Waals surface area contributed by atoms with Crippen LogP contribution in [-0.2, 0) is 16.0 Å². The summed E-state index contributed by atoms with van der Waals surface area (Å²) in [4.78, 5) is 26.3. The van der Waals surface area contributed by atoms with Gasteiger partial charge >= 0.3 is 5.97 Å². The highest BCUT2D eigenvalue weighted by atomic mass is 16.4. The monoisotopic (exact) mass is 332 g/mol. The van der Waals surface area contributed by atoms with E-state index < -0.39 is 12.0 Å². The Labute approximate surface area is 144 Å². The Balaban J connectivity index is 1.93. The lowest BCUT2D eigenvalue weighted by atomic mass is 10.1. The van der Waals surface area contributed by atoms with Gasteiger partial charge in [0.2, 0.25) is 5.91 Å². The van der Waals surface area contributed by atoms with Crippen LogP contribution >= 0.6 is 0 Å². The average molecular weight is 332 g/mol. The number of hydrogen-bond donors (Lipinski definition) is 2. The standard InChI is InChI=1S/C19H28N2O3/c1-2-3-7-12-21-13-8-11-17(21)18(22)20-16(19(23)24)14-15-9-5-4-6-10-15/h4-6,9-10,16-17H,2-3,7-8,11-14H2,1H3,(H,20,22)(H,23,24)/t16-,17-/m0/s1. The van der Waals surface area contributed by atoms with Crippen molar-refractivity contribution >= 4 is 11.9 Å². The highest BCUT2D eigenvalue weighted by molar-refractivity contribution is 5.87. The van der Waals surface area contributed by atoms with E-state index in [2.05, 4.69) is 17.1 Å². The van der Waals surface area contributed by atoms with Crippen LogP contribution in [0, 0.1) is 0 Å². The summed E-state index contributed by atoms with van der Waals surface area (Å²) in [6.45, 7) is 4.01. The molecule has 0 aromatic heterocycles. The van der Waals surface area contributed by atoms with Crippen LogP contribution in [0.4, 0.5) is 0 Å². The molecule has 1 heterocycles. The van der Waals surface area contributed by atoms with Gasteiger partial charge in [0.05, 0.1) is 6.04 Å². The topological polar surface area (TPSA) is 69.6 Å². The summed E-state index contributed by atoms with van der Waals surface area (Å²) in [5, 5.41) is 12.2. The third-order valence-electron chi connectivity index (χ3n) is 4.61. The van der Waals surface area contributed by atoms with Gasteiger partial charge in [-0.25, -0.2) is 4.79 Å². The predicted molar refractivity (Wildman–Crippen MR) is 93.8 cm³/mol. The summed E-state index contributed by atoms with van der Waals surface area (Å²) in [5.74, 6) is -1.13. The zero-order chi connectivity index (χ0) is 17.4. The van der Waals surface area contributed by atoms with E-state index in [1.54, 1.807) is 0 Å². The normalized spacial score (nSPS) is 19.1. The van der Waals surface area contributed by atoms with Crippen molar-refractivity contribution in [2.45, 2.75) is 57.5 Å². The molecule has 0 aliphatic carbocycles. The Kier molecular flexibility index (Phi) is 7.25. The van der Waals surface area contributed by atoms with E-state index in [4.69, 9.17) is 0 Å². The smallest absolute Gasteiger partial charge is 0.326 e. The summed E-state index contributed by atoms with van der Waals surface area (Å²) in [6, 6.07) is 8.36. The van der Waals surface area contributed by atoms with Crippen LogP contribution in [0.2, 0.25) is 0 Å². The Morgan fingerprint density at radius 1 is 1.29 bits per heavy atom. The molecule has 0 spiro atoms. The molecule has 24 heavy (non-hydrogen) atoms. The zero-order valence-electron chi connectivity index (χ0n) is 14.4. The molecule has 1 saturated heterocycles. The molecule has 1 fully saturated rings. The van der Waals surface area contributed by atoms with Gasteiger partial charge in [0, 0.05) is 6.42 Å². The number of rotatable bonds is 9. The van der Waals surface area contributed by atoms with Gasteiger partial charge < -0.3 is 10.4 Å². The van der Waals surface area contributed by atoms with Gasteiger partial charge in [0.1, 0.15) is 6.04 Å². The maximum absolute atomic E-state index is 12.6. The average Bonchev–Trinajstić information content (AvgIpc) is 3.04. The minimum atomic E-state index is -0.984. The minimum absolute atomic E-state index is 0.146. The molecule has 2 rings (SSSR count). The molecule has 0 radical (unpaired) electrons. The molecule has 2 atom stereocenters. The fraction of sp³-hybridized carbons (Fsp3) is 0.579. The highest BCUT2D eigenvalue weighted by Gasteiger charge is 2.32. The molecule has 5 heteroatoms. The third kappa shape index (κ3) is 5.34. The van der Waals surface area contributed by atoms with Crippen LogP contribution in [0.25, 0.3) is 0 Å². The molecule has 5 nitrogen and oxygen atoms in total. The number of nitrogens with zero attached hydrogens (tertiary/aromatic N) is 1. The summed E-state index contributed by atoms with van der Waals surface area (Å²) in [6.07, 6.45) is 5.53. The quantitative estimate of drug-likeness (QED) is 0.682. The molecule has 132 valence electrons. The van der Waals surface area contributed by atoms with Crippen molar-refractivity contribution in [3.05, 3.63) is 35.9 Å². The number of carbonyl (C=O) groups excluding carboxylic acids is 1. The van der Waals surface area contributed by atoms with Crippen LogP contribution in [0.5, 0.6) is 0 Å². The Morgan fingerprint density at radius 2 is 2.04 bits per heavy atom. The molecule has 0 saturated carbocycles. The van der Waals surface area contributed by atoms with E-state index in [-0.39, 0.29) is 11.9 Å². The first-order valence-electron chi connectivity index (χ1n) is 8.93. The van der Waals surface area contributed by atoms with E-state index in [9.17, 15) is 14.7 Å². The lowest BCUT2D eigenvalue weighted by Crippen LogP contribution is -2.50. The molecular formula is C19H28N2O3. The lowest BCUT2D eigenvalue weighted by molar-refractivity contribution is -0.142. The van der Waals surface area contributed by atoms with E-state index in [1.165, 1.54) is 0 Å². The second kappa shape index (κ2) is 9.42. The van der Waals surface area contributed by atoms with E-state index in [0.29, 0.717) is 6.42 Å². The SMILES string of the molecule is CCCCCN1CCC[C@H]1C(=O)N[C@@H](Cc1ccccc1)C(=O)O. The van der Waals surface area contributed by atoms with Crippen molar-refractivity contribution in [1.82, 2.24) is 10.2 Å². The number of likely N-dealkylation sites (tertiary alicyclic amines) is 1. The van der Waals surface area contributed by atoms with Crippen LogP contribution in [0.15, 0.2) is 30.3 Å². The molecule has 2 N–H and O–H groups in total. The van der Waals surface area contributed by atoms with Crippen LogP contribution in [0.1, 0.15) is 44.6 Å². The predicted octanol–water partition coefficient (Wildman–Crippen LogP) is 2.45. The van der Waals surface area contributed by atoms with Crippen LogP contribution < -0.4 is 5.32 Å². The summed E-state index contributed by atoms with van der Waals surface area (Å²) < 4.78 is 0. The minimum Gasteiger partial charge on any atom is -0.480 e. The highest BCUT2D eigenvalue weighted by Crippen LogP contribution is 2.18. The fourth-order valence-corrected chi connectivity index (χ4v) is 3.27. The first-order chi connectivity index (χ1) is 11.6. The number of carbonyl (C=O) groups is 2. The molecule has 1 aliphatic heterocycles. The first-order valence-corrected chi connectivity index (χ1v) is 8.93. The van der Waals surface area contributed by atoms with Crippen LogP contribution in [0.3, 0.4) is 0 Å². The van der Waals surface area contributed by atoms with E-state index in [1.807, 2.05) is 30.3 Å². The molecule has 0 unspecified atom stereocenters. The molecule has 0 bridgehead atoms. The maximum atomic E-state index is 12.6. The van der Waals surface area contributed by atoms with E-state index in [0.717, 1.165) is 50.8 Å². The van der Waals surface area contributed by atoms with Gasteiger partial charge in [0.25, 0.3) is 0 Å². The second-order valence-corrected chi connectivity index (χ2v) is 6.49. The summed E-state index contributed by atoms with van der Waals surface area (Å²) in [5.41, 5.74) is 0.913. The lowest BCUT2D eigenvalue weighted by Gasteiger charge is -2.25. The van der Waals surface area contributed by atoms with Gasteiger partial charge in [0.15, 0.2) is 0 Å². The number of benzene rings is 1. The largest absolute Gasteiger partial charge is 0.480 e. The molecular weight excluding hydrogens is 304 g/mol. The number of nitrogens with one attached hydrogen (secondary N) is 1. The van der Waals surface area contributed by atoms with Gasteiger partial charge in [-0.05, 0) is 37.9 Å². The van der Waals surface area contributed by atoms with Crippen molar-refractivity contribution in [3.8, 4) is 0 Å². The number of carboxylic acid groups (broad SMARTS) is 1. The van der Waals surface area contributed by atoms with Gasteiger partial charge in [-0.2, -0.15) is 0 Å². The Bertz CT molecular complexity index is 533. The second-order valence-electron chi connectivity index (χ2n) is 6.49. The number of carboxylic acids is 1. The molecule has 1 aromatic rings. The van der Waals surface area contributed by atoms with Crippen molar-refractivity contribution in [2.24, 2.45) is 0 Å². The summed E-state index contributed by atoms with van der Waals surface area (Å²) >= 11 is 0. The maximum Gasteiger partial charge on any atom is 0.326 e. The third-order valence-corrected chi connectivity index (χ3v) is 4.61. The molecule has 1 amide bonds. The van der Waals surface area contributed by atoms with Gasteiger partial charge in [-0.1, -0.05) is 50.1 Å². The summed E-state index contributed by atoms with van der Waals surface area (Å²) in [7, 11) is 0. The number of unbranched alkanes of at least 4 members (excludes halogenated alkanes) is 2. The van der Waals surface area contributed by atoms with Gasteiger partial charge in [-0.15, -0.1) is 0 Å². The molecule has 1 aliphatic rings. The van der Waals surface area contributed by atoms with E-state index >= 15 is 0 Å². The number of aliphatic carboxylic acids is 1.